The highest BCUT2D eigenvalue weighted by atomic mass is 79.9. The van der Waals surface area contributed by atoms with Crippen LogP contribution in [-0.4, -0.2) is 26.9 Å². The quantitative estimate of drug-likeness (QED) is 0.591. The van der Waals surface area contributed by atoms with Crippen molar-refractivity contribution in [2.75, 3.05) is 26.9 Å². The van der Waals surface area contributed by atoms with Crippen LogP contribution in [0.15, 0.2) is 29.3 Å². The summed E-state index contributed by atoms with van der Waals surface area (Å²) in [5.41, 5.74) is 2.26. The van der Waals surface area contributed by atoms with Crippen molar-refractivity contribution in [3.8, 4) is 5.75 Å². The number of rotatable bonds is 8. The Labute approximate surface area is 117 Å². The van der Waals surface area contributed by atoms with Gasteiger partial charge in [-0.3, -0.25) is 0 Å². The van der Waals surface area contributed by atoms with Crippen molar-refractivity contribution in [1.29, 1.82) is 0 Å². The molecule has 0 unspecified atom stereocenters. The molecule has 100 valence electrons. The minimum absolute atomic E-state index is 0.521. The normalized spacial score (nSPS) is 10.4. The van der Waals surface area contributed by atoms with Crippen molar-refractivity contribution in [2.45, 2.75) is 13.5 Å². The summed E-state index contributed by atoms with van der Waals surface area (Å²) in [6.07, 6.45) is 1.75. The summed E-state index contributed by atoms with van der Waals surface area (Å²) in [5.74, 6) is 0.933. The molecule has 3 nitrogen and oxygen atoms in total. The Kier molecular flexibility index (Phi) is 7.01. The van der Waals surface area contributed by atoms with Gasteiger partial charge in [0, 0.05) is 30.2 Å². The summed E-state index contributed by atoms with van der Waals surface area (Å²) in [5, 5.41) is 3.32. The molecule has 1 aromatic carbocycles. The van der Waals surface area contributed by atoms with Crippen LogP contribution < -0.4 is 10.1 Å². The van der Waals surface area contributed by atoms with Crippen molar-refractivity contribution in [1.82, 2.24) is 5.32 Å². The van der Waals surface area contributed by atoms with Gasteiger partial charge in [-0.2, -0.15) is 0 Å². The first-order valence-corrected chi connectivity index (χ1v) is 6.70. The van der Waals surface area contributed by atoms with Gasteiger partial charge < -0.3 is 14.8 Å². The predicted molar refractivity (Wildman–Crippen MR) is 78.2 cm³/mol. The van der Waals surface area contributed by atoms with E-state index < -0.39 is 0 Å². The lowest BCUT2D eigenvalue weighted by Gasteiger charge is -2.14. The fraction of sp³-hybridized carbons (Fsp3) is 0.429. The lowest BCUT2D eigenvalue weighted by atomic mass is 10.1. The average Bonchev–Trinajstić information content (AvgIpc) is 2.33. The standard InChI is InChI=1S/C14H20BrNO2/c1-4-6-18-14-11(2)8-13(15)9-12(14)10-16-5-7-17-3/h4,8-9,16H,1,5-7,10H2,2-3H3. The zero-order valence-corrected chi connectivity index (χ0v) is 12.5. The molecule has 0 aliphatic rings. The van der Waals surface area contributed by atoms with E-state index in [2.05, 4.69) is 40.0 Å². The molecule has 0 aliphatic carbocycles. The van der Waals surface area contributed by atoms with E-state index in [4.69, 9.17) is 9.47 Å². The van der Waals surface area contributed by atoms with Gasteiger partial charge >= 0.3 is 0 Å². The number of aryl methyl sites for hydroxylation is 1. The highest BCUT2D eigenvalue weighted by molar-refractivity contribution is 9.10. The lowest BCUT2D eigenvalue weighted by molar-refractivity contribution is 0.199. The van der Waals surface area contributed by atoms with Gasteiger partial charge in [0.25, 0.3) is 0 Å². The van der Waals surface area contributed by atoms with E-state index in [-0.39, 0.29) is 0 Å². The molecule has 1 rings (SSSR count). The Morgan fingerprint density at radius 1 is 1.44 bits per heavy atom. The van der Waals surface area contributed by atoms with Gasteiger partial charge in [-0.1, -0.05) is 28.6 Å². The molecule has 0 aliphatic heterocycles. The fourth-order valence-electron chi connectivity index (χ4n) is 1.68. The van der Waals surface area contributed by atoms with Gasteiger partial charge in [-0.15, -0.1) is 0 Å². The lowest BCUT2D eigenvalue weighted by Crippen LogP contribution is -2.19. The molecule has 0 radical (unpaired) electrons. The SMILES string of the molecule is C=CCOc1c(C)cc(Br)cc1CNCCOC. The number of halogens is 1. The second-order valence-corrected chi connectivity index (χ2v) is 4.90. The summed E-state index contributed by atoms with van der Waals surface area (Å²) >= 11 is 3.51. The molecule has 18 heavy (non-hydrogen) atoms. The molecular weight excluding hydrogens is 294 g/mol. The Morgan fingerprint density at radius 2 is 2.22 bits per heavy atom. The number of ether oxygens (including phenoxy) is 2. The van der Waals surface area contributed by atoms with Crippen LogP contribution in [0.4, 0.5) is 0 Å². The molecule has 1 N–H and O–H groups in total. The van der Waals surface area contributed by atoms with Crippen LogP contribution in [0.2, 0.25) is 0 Å². The Balaban J connectivity index is 2.75. The Hall–Kier alpha value is -0.840. The number of nitrogens with one attached hydrogen (secondary N) is 1. The highest BCUT2D eigenvalue weighted by Crippen LogP contribution is 2.28. The molecule has 0 spiro atoms. The first-order chi connectivity index (χ1) is 8.69. The largest absolute Gasteiger partial charge is 0.489 e. The third kappa shape index (κ3) is 4.80. The van der Waals surface area contributed by atoms with Gasteiger partial charge in [0.2, 0.25) is 0 Å². The maximum atomic E-state index is 5.72. The summed E-state index contributed by atoms with van der Waals surface area (Å²) in [4.78, 5) is 0. The minimum Gasteiger partial charge on any atom is -0.489 e. The zero-order valence-electron chi connectivity index (χ0n) is 11.0. The van der Waals surface area contributed by atoms with Crippen LogP contribution in [0.3, 0.4) is 0 Å². The Bertz CT molecular complexity index is 394. The molecular formula is C14H20BrNO2. The molecule has 0 atom stereocenters. The topological polar surface area (TPSA) is 30.5 Å². The van der Waals surface area contributed by atoms with E-state index >= 15 is 0 Å². The average molecular weight is 314 g/mol. The van der Waals surface area contributed by atoms with Crippen molar-refractivity contribution in [3.63, 3.8) is 0 Å². The van der Waals surface area contributed by atoms with Crippen molar-refractivity contribution in [3.05, 3.63) is 40.4 Å². The second kappa shape index (κ2) is 8.29. The van der Waals surface area contributed by atoms with Gasteiger partial charge in [0.15, 0.2) is 0 Å². The van der Waals surface area contributed by atoms with Gasteiger partial charge in [0.05, 0.1) is 6.61 Å². The van der Waals surface area contributed by atoms with Crippen LogP contribution in [0, 0.1) is 6.92 Å². The molecule has 0 heterocycles. The molecule has 4 heteroatoms. The highest BCUT2D eigenvalue weighted by Gasteiger charge is 2.08. The van der Waals surface area contributed by atoms with Crippen LogP contribution in [0.1, 0.15) is 11.1 Å². The molecule has 0 saturated carbocycles. The van der Waals surface area contributed by atoms with Crippen LogP contribution in [0.5, 0.6) is 5.75 Å². The van der Waals surface area contributed by atoms with Crippen LogP contribution >= 0.6 is 15.9 Å². The van der Waals surface area contributed by atoms with E-state index in [9.17, 15) is 0 Å². The predicted octanol–water partition coefficient (Wildman–Crippen LogP) is 3.06. The summed E-state index contributed by atoms with van der Waals surface area (Å²) in [6.45, 7) is 8.52. The third-order valence-corrected chi connectivity index (χ3v) is 2.92. The first-order valence-electron chi connectivity index (χ1n) is 5.91. The van der Waals surface area contributed by atoms with E-state index in [1.54, 1.807) is 13.2 Å². The fourth-order valence-corrected chi connectivity index (χ4v) is 2.30. The smallest absolute Gasteiger partial charge is 0.127 e. The summed E-state index contributed by atoms with van der Waals surface area (Å²) in [7, 11) is 1.70. The summed E-state index contributed by atoms with van der Waals surface area (Å²) < 4.78 is 11.8. The molecule has 1 aromatic rings. The van der Waals surface area contributed by atoms with E-state index in [1.165, 1.54) is 0 Å². The van der Waals surface area contributed by atoms with Crippen molar-refractivity contribution < 1.29 is 9.47 Å². The molecule has 0 aromatic heterocycles. The third-order valence-electron chi connectivity index (χ3n) is 2.46. The number of benzene rings is 1. The van der Waals surface area contributed by atoms with Crippen LogP contribution in [-0.2, 0) is 11.3 Å². The monoisotopic (exact) mass is 313 g/mol. The molecule has 0 saturated heterocycles. The number of hydrogen-bond acceptors (Lipinski definition) is 3. The maximum absolute atomic E-state index is 5.72. The minimum atomic E-state index is 0.521. The number of methoxy groups -OCH3 is 1. The van der Waals surface area contributed by atoms with Crippen molar-refractivity contribution >= 4 is 15.9 Å². The van der Waals surface area contributed by atoms with Gasteiger partial charge in [-0.25, -0.2) is 0 Å². The Morgan fingerprint density at radius 3 is 2.89 bits per heavy atom. The van der Waals surface area contributed by atoms with Gasteiger partial charge in [0.1, 0.15) is 12.4 Å². The van der Waals surface area contributed by atoms with Crippen molar-refractivity contribution in [2.24, 2.45) is 0 Å². The van der Waals surface area contributed by atoms with Crippen LogP contribution in [0.25, 0.3) is 0 Å². The maximum Gasteiger partial charge on any atom is 0.127 e. The zero-order chi connectivity index (χ0) is 13.4. The summed E-state index contributed by atoms with van der Waals surface area (Å²) in [6, 6.07) is 4.13. The first kappa shape index (κ1) is 15.2. The number of hydrogen-bond donors (Lipinski definition) is 1. The van der Waals surface area contributed by atoms with E-state index in [0.29, 0.717) is 13.2 Å². The van der Waals surface area contributed by atoms with E-state index in [0.717, 1.165) is 34.4 Å². The second-order valence-electron chi connectivity index (χ2n) is 3.98. The molecule has 0 bridgehead atoms. The molecule has 0 fully saturated rings. The molecule has 0 amide bonds. The van der Waals surface area contributed by atoms with Gasteiger partial charge in [-0.05, 0) is 24.6 Å². The van der Waals surface area contributed by atoms with E-state index in [1.807, 2.05) is 6.92 Å².